The van der Waals surface area contributed by atoms with E-state index in [2.05, 4.69) is 50.2 Å². The molecule has 0 saturated heterocycles. The predicted molar refractivity (Wildman–Crippen MR) is 119 cm³/mol. The molecule has 1 amide bonds. The summed E-state index contributed by atoms with van der Waals surface area (Å²) in [5.74, 6) is 1.78. The number of rotatable bonds is 8. The molecule has 29 heavy (non-hydrogen) atoms. The second-order valence-electron chi connectivity index (χ2n) is 7.32. The van der Waals surface area contributed by atoms with Crippen molar-refractivity contribution in [2.75, 3.05) is 5.75 Å². The van der Waals surface area contributed by atoms with Crippen molar-refractivity contribution in [2.24, 2.45) is 5.92 Å². The maximum Gasteiger partial charge on any atom is 0.233 e. The SMILES string of the molecule is CC(C1CC1)N(Cc1ccccc1)C(=O)CSc1n[nH]c(-c2ccccc2Br)n1. The van der Waals surface area contributed by atoms with E-state index in [0.717, 1.165) is 15.6 Å². The van der Waals surface area contributed by atoms with Crippen LogP contribution in [0.1, 0.15) is 25.3 Å². The van der Waals surface area contributed by atoms with E-state index in [1.165, 1.54) is 24.6 Å². The molecule has 1 aliphatic rings. The minimum absolute atomic E-state index is 0.130. The molecule has 5 nitrogen and oxygen atoms in total. The average Bonchev–Trinajstić information content (AvgIpc) is 3.49. The van der Waals surface area contributed by atoms with E-state index in [4.69, 9.17) is 0 Å². The van der Waals surface area contributed by atoms with Gasteiger partial charge in [0.2, 0.25) is 11.1 Å². The van der Waals surface area contributed by atoms with Crippen molar-refractivity contribution in [2.45, 2.75) is 37.5 Å². The second kappa shape index (κ2) is 9.13. The monoisotopic (exact) mass is 470 g/mol. The molecule has 1 N–H and O–H groups in total. The first kappa shape index (κ1) is 20.2. The summed E-state index contributed by atoms with van der Waals surface area (Å²) in [6.45, 7) is 2.81. The standard InChI is InChI=1S/C22H23BrN4OS/c1-15(17-11-12-17)27(13-16-7-3-2-4-8-16)20(28)14-29-22-24-21(25-26-22)18-9-5-6-10-19(18)23/h2-10,15,17H,11-14H2,1H3,(H,24,25,26). The second-order valence-corrected chi connectivity index (χ2v) is 9.12. The zero-order chi connectivity index (χ0) is 20.2. The number of halogens is 1. The zero-order valence-corrected chi connectivity index (χ0v) is 18.6. The van der Waals surface area contributed by atoms with Crippen molar-refractivity contribution < 1.29 is 4.79 Å². The molecule has 7 heteroatoms. The summed E-state index contributed by atoms with van der Waals surface area (Å²) >= 11 is 4.91. The summed E-state index contributed by atoms with van der Waals surface area (Å²) in [7, 11) is 0. The summed E-state index contributed by atoms with van der Waals surface area (Å²) in [5, 5.41) is 7.83. The van der Waals surface area contributed by atoms with Crippen LogP contribution in [0.4, 0.5) is 0 Å². The topological polar surface area (TPSA) is 61.9 Å². The molecule has 3 aromatic rings. The lowest BCUT2D eigenvalue weighted by Gasteiger charge is -2.29. The fourth-order valence-corrected chi connectivity index (χ4v) is 4.52. The van der Waals surface area contributed by atoms with Gasteiger partial charge in [0.15, 0.2) is 5.82 Å². The van der Waals surface area contributed by atoms with Crippen LogP contribution >= 0.6 is 27.7 Å². The number of aromatic amines is 1. The summed E-state index contributed by atoms with van der Waals surface area (Å²) in [4.78, 5) is 19.6. The highest BCUT2D eigenvalue weighted by Gasteiger charge is 2.34. The van der Waals surface area contributed by atoms with E-state index >= 15 is 0 Å². The molecule has 0 bridgehead atoms. The number of hydrogen-bond donors (Lipinski definition) is 1. The van der Waals surface area contributed by atoms with Gasteiger partial charge in [0.1, 0.15) is 0 Å². The lowest BCUT2D eigenvalue weighted by molar-refractivity contribution is -0.131. The highest BCUT2D eigenvalue weighted by molar-refractivity contribution is 9.10. The molecule has 1 fully saturated rings. The van der Waals surface area contributed by atoms with Gasteiger partial charge in [0.25, 0.3) is 0 Å². The molecule has 1 aliphatic carbocycles. The molecule has 2 aromatic carbocycles. The van der Waals surface area contributed by atoms with Gasteiger partial charge in [-0.25, -0.2) is 4.98 Å². The number of carbonyl (C=O) groups is 1. The molecule has 0 spiro atoms. The van der Waals surface area contributed by atoms with Crippen molar-refractivity contribution in [1.82, 2.24) is 20.1 Å². The van der Waals surface area contributed by atoms with Gasteiger partial charge < -0.3 is 4.90 Å². The number of H-pyrrole nitrogens is 1. The molecule has 1 heterocycles. The van der Waals surface area contributed by atoms with Gasteiger partial charge in [0.05, 0.1) is 5.75 Å². The average molecular weight is 471 g/mol. The van der Waals surface area contributed by atoms with Crippen LogP contribution in [0.25, 0.3) is 11.4 Å². The van der Waals surface area contributed by atoms with Gasteiger partial charge in [-0.2, -0.15) is 0 Å². The van der Waals surface area contributed by atoms with Gasteiger partial charge in [-0.15, -0.1) is 5.10 Å². The molecule has 0 radical (unpaired) electrons. The number of nitrogens with zero attached hydrogens (tertiary/aromatic N) is 3. The van der Waals surface area contributed by atoms with E-state index in [9.17, 15) is 4.79 Å². The normalized spacial score (nSPS) is 14.6. The zero-order valence-electron chi connectivity index (χ0n) is 16.2. The van der Waals surface area contributed by atoms with Crippen LogP contribution in [0.3, 0.4) is 0 Å². The number of benzene rings is 2. The molecule has 1 atom stereocenters. The van der Waals surface area contributed by atoms with Crippen molar-refractivity contribution in [3.8, 4) is 11.4 Å². The number of thioether (sulfide) groups is 1. The van der Waals surface area contributed by atoms with Crippen LogP contribution in [-0.2, 0) is 11.3 Å². The molecule has 1 saturated carbocycles. The first-order valence-electron chi connectivity index (χ1n) is 9.75. The van der Waals surface area contributed by atoms with Crippen LogP contribution in [0.2, 0.25) is 0 Å². The van der Waals surface area contributed by atoms with Crippen LogP contribution < -0.4 is 0 Å². The largest absolute Gasteiger partial charge is 0.335 e. The smallest absolute Gasteiger partial charge is 0.233 e. The molecule has 1 aromatic heterocycles. The lowest BCUT2D eigenvalue weighted by Crippen LogP contribution is -2.40. The minimum Gasteiger partial charge on any atom is -0.335 e. The Hall–Kier alpha value is -2.12. The maximum absolute atomic E-state index is 13.1. The maximum atomic E-state index is 13.1. The Labute approximate surface area is 183 Å². The molecule has 1 unspecified atom stereocenters. The van der Waals surface area contributed by atoms with Crippen molar-refractivity contribution >= 4 is 33.6 Å². The van der Waals surface area contributed by atoms with Gasteiger partial charge in [-0.3, -0.25) is 9.89 Å². The quantitative estimate of drug-likeness (QED) is 0.462. The number of amides is 1. The summed E-state index contributed by atoms with van der Waals surface area (Å²) in [6, 6.07) is 18.3. The molecular formula is C22H23BrN4OS. The lowest BCUT2D eigenvalue weighted by atomic mass is 10.1. The van der Waals surface area contributed by atoms with Crippen LogP contribution in [-0.4, -0.2) is 37.8 Å². The molecular weight excluding hydrogens is 448 g/mol. The number of hydrogen-bond acceptors (Lipinski definition) is 4. The number of nitrogens with one attached hydrogen (secondary N) is 1. The highest BCUT2D eigenvalue weighted by Crippen LogP contribution is 2.36. The van der Waals surface area contributed by atoms with Crippen molar-refractivity contribution in [1.29, 1.82) is 0 Å². The predicted octanol–water partition coefficient (Wildman–Crippen LogP) is 5.15. The number of aromatic nitrogens is 3. The van der Waals surface area contributed by atoms with Crippen LogP contribution in [0.5, 0.6) is 0 Å². The van der Waals surface area contributed by atoms with Gasteiger partial charge in [0, 0.05) is 22.6 Å². The molecule has 0 aliphatic heterocycles. The first-order valence-corrected chi connectivity index (χ1v) is 11.5. The van der Waals surface area contributed by atoms with Gasteiger partial charge >= 0.3 is 0 Å². The Kier molecular flexibility index (Phi) is 6.35. The number of carbonyl (C=O) groups excluding carboxylic acids is 1. The fourth-order valence-electron chi connectivity index (χ4n) is 3.37. The third-order valence-corrected chi connectivity index (χ3v) is 6.75. The first-order chi connectivity index (χ1) is 14.1. The minimum atomic E-state index is 0.130. The third kappa shape index (κ3) is 5.08. The molecule has 150 valence electrons. The summed E-state index contributed by atoms with van der Waals surface area (Å²) < 4.78 is 0.955. The Bertz CT molecular complexity index is 974. The van der Waals surface area contributed by atoms with Crippen molar-refractivity contribution in [3.05, 3.63) is 64.6 Å². The van der Waals surface area contributed by atoms with Crippen LogP contribution in [0, 0.1) is 5.92 Å². The third-order valence-electron chi connectivity index (χ3n) is 5.23. The summed E-state index contributed by atoms with van der Waals surface area (Å²) in [5.41, 5.74) is 2.11. The van der Waals surface area contributed by atoms with E-state index in [-0.39, 0.29) is 11.9 Å². The highest BCUT2D eigenvalue weighted by atomic mass is 79.9. The van der Waals surface area contributed by atoms with E-state index in [1.54, 1.807) is 0 Å². The van der Waals surface area contributed by atoms with E-state index < -0.39 is 0 Å². The molecule has 4 rings (SSSR count). The van der Waals surface area contributed by atoms with E-state index in [0.29, 0.717) is 29.2 Å². The van der Waals surface area contributed by atoms with E-state index in [1.807, 2.05) is 47.4 Å². The Morgan fingerprint density at radius 1 is 1.21 bits per heavy atom. The van der Waals surface area contributed by atoms with Crippen LogP contribution in [0.15, 0.2) is 64.2 Å². The Morgan fingerprint density at radius 2 is 1.93 bits per heavy atom. The van der Waals surface area contributed by atoms with Gasteiger partial charge in [-0.1, -0.05) is 76.2 Å². The van der Waals surface area contributed by atoms with Gasteiger partial charge in [-0.05, 0) is 37.3 Å². The van der Waals surface area contributed by atoms with Crippen molar-refractivity contribution in [3.63, 3.8) is 0 Å². The Morgan fingerprint density at radius 3 is 2.66 bits per heavy atom. The fraction of sp³-hybridized carbons (Fsp3) is 0.318. The summed E-state index contributed by atoms with van der Waals surface area (Å²) in [6.07, 6.45) is 2.42. The Balaban J connectivity index is 1.42.